The van der Waals surface area contributed by atoms with E-state index in [0.717, 1.165) is 25.7 Å². The van der Waals surface area contributed by atoms with E-state index in [9.17, 15) is 5.11 Å². The van der Waals surface area contributed by atoms with Crippen LogP contribution in [0.3, 0.4) is 0 Å². The molecule has 41 heavy (non-hydrogen) atoms. The first-order valence-electron chi connectivity index (χ1n) is 15.0. The van der Waals surface area contributed by atoms with Crippen molar-refractivity contribution in [2.45, 2.75) is 107 Å². The largest absolute Gasteiger partial charge is 0.390 e. The lowest BCUT2D eigenvalue weighted by molar-refractivity contribution is 0.0839. The maximum Gasteiger partial charge on any atom is 0.0626 e. The lowest BCUT2D eigenvalue weighted by Crippen LogP contribution is -2.16. The first-order valence-corrected chi connectivity index (χ1v) is 15.0. The van der Waals surface area contributed by atoms with E-state index >= 15 is 0 Å². The number of hydrogen-bond acceptors (Lipinski definition) is 1. The second kappa shape index (κ2) is 22.5. The van der Waals surface area contributed by atoms with Gasteiger partial charge in [0.15, 0.2) is 0 Å². The molecule has 0 spiro atoms. The van der Waals surface area contributed by atoms with Gasteiger partial charge >= 0.3 is 0 Å². The SMILES string of the molecule is CC(C)=CCC/C(C)=C/C=C/C(C)=C/C=C/C(C)=C/C=C/C=C(C)/C=C/C=C(\C)CC/C=C(C)/C=C/CC(C)(C)O. The van der Waals surface area contributed by atoms with Gasteiger partial charge in [-0.2, -0.15) is 0 Å². The Kier molecular flexibility index (Phi) is 20.8. The molecule has 0 saturated heterocycles. The van der Waals surface area contributed by atoms with Crippen molar-refractivity contribution in [1.82, 2.24) is 0 Å². The normalized spacial score (nSPS) is 15.6. The van der Waals surface area contributed by atoms with E-state index in [2.05, 4.69) is 153 Å². The Hall–Kier alpha value is -3.16. The van der Waals surface area contributed by atoms with Crippen molar-refractivity contribution in [2.24, 2.45) is 0 Å². The van der Waals surface area contributed by atoms with Gasteiger partial charge < -0.3 is 5.11 Å². The van der Waals surface area contributed by atoms with E-state index < -0.39 is 5.60 Å². The monoisotopic (exact) mass is 554 g/mol. The molecule has 0 heterocycles. The average molecular weight is 555 g/mol. The molecule has 1 N–H and O–H groups in total. The highest BCUT2D eigenvalue weighted by Crippen LogP contribution is 2.12. The van der Waals surface area contributed by atoms with E-state index in [-0.39, 0.29) is 0 Å². The summed E-state index contributed by atoms with van der Waals surface area (Å²) >= 11 is 0. The Labute approximate surface area is 253 Å². The molecular formula is C40H58O. The molecule has 0 aliphatic rings. The van der Waals surface area contributed by atoms with E-state index in [1.54, 1.807) is 0 Å². The minimum absolute atomic E-state index is 0.644. The third kappa shape index (κ3) is 26.8. The van der Waals surface area contributed by atoms with Crippen LogP contribution in [-0.4, -0.2) is 10.7 Å². The van der Waals surface area contributed by atoms with Gasteiger partial charge in [-0.15, -0.1) is 0 Å². The van der Waals surface area contributed by atoms with Crippen LogP contribution in [0.4, 0.5) is 0 Å². The van der Waals surface area contributed by atoms with Crippen LogP contribution in [0.1, 0.15) is 101 Å². The van der Waals surface area contributed by atoms with Crippen molar-refractivity contribution in [3.8, 4) is 0 Å². The third-order valence-corrected chi connectivity index (χ3v) is 6.12. The molecule has 1 nitrogen and oxygen atoms in total. The second-order valence-electron chi connectivity index (χ2n) is 11.9. The lowest BCUT2D eigenvalue weighted by Gasteiger charge is -2.13. The Balaban J connectivity index is 4.64. The van der Waals surface area contributed by atoms with Gasteiger partial charge in [0.25, 0.3) is 0 Å². The van der Waals surface area contributed by atoms with Gasteiger partial charge in [-0.25, -0.2) is 0 Å². The molecule has 224 valence electrons. The summed E-state index contributed by atoms with van der Waals surface area (Å²) in [4.78, 5) is 0. The van der Waals surface area contributed by atoms with Crippen molar-refractivity contribution in [1.29, 1.82) is 0 Å². The van der Waals surface area contributed by atoms with Gasteiger partial charge in [0.05, 0.1) is 5.60 Å². The standard InChI is InChI=1S/C40H58O/c1-33(2)19-13-22-36(5)25-16-28-37(6)26-14-23-34(3)20-11-12-21-35(4)24-15-27-38(7)29-17-30-39(8)31-18-32-40(9,10)41/h11-12,14-16,18-21,23-28,30-31,41H,13,17,22,29,32H2,1-10H3/b12-11+,23-14+,24-15+,28-16+,31-18+,34-20+,35-21+,36-25+,37-26+,38-27+,39-30+. The highest BCUT2D eigenvalue weighted by molar-refractivity contribution is 5.31. The number of aliphatic hydroxyl groups is 1. The first-order chi connectivity index (χ1) is 19.3. The maximum atomic E-state index is 9.78. The zero-order chi connectivity index (χ0) is 31.1. The van der Waals surface area contributed by atoms with Crippen LogP contribution >= 0.6 is 0 Å². The van der Waals surface area contributed by atoms with Gasteiger partial charge in [-0.05, 0) is 101 Å². The fourth-order valence-electron chi connectivity index (χ4n) is 3.55. The number of rotatable bonds is 17. The zero-order valence-corrected chi connectivity index (χ0v) is 27.8. The topological polar surface area (TPSA) is 20.2 Å². The first kappa shape index (κ1) is 37.8. The molecule has 0 aliphatic heterocycles. The van der Waals surface area contributed by atoms with Gasteiger partial charge in [-0.1, -0.05) is 142 Å². The minimum Gasteiger partial charge on any atom is -0.390 e. The highest BCUT2D eigenvalue weighted by atomic mass is 16.3. The number of allylic oxidation sites excluding steroid dienone is 23. The maximum absolute atomic E-state index is 9.78. The molecule has 0 unspecified atom stereocenters. The Morgan fingerprint density at radius 3 is 1.37 bits per heavy atom. The molecule has 0 bridgehead atoms. The summed E-state index contributed by atoms with van der Waals surface area (Å²) in [6.45, 7) is 20.8. The Bertz CT molecular complexity index is 1130. The molecule has 0 rings (SSSR count). The molecule has 0 atom stereocenters. The molecule has 1 heteroatoms. The summed E-state index contributed by atoms with van der Waals surface area (Å²) < 4.78 is 0. The molecule has 0 amide bonds. The van der Waals surface area contributed by atoms with Gasteiger partial charge in [0.2, 0.25) is 0 Å². The average Bonchev–Trinajstić information content (AvgIpc) is 2.85. The van der Waals surface area contributed by atoms with Crippen LogP contribution in [0.2, 0.25) is 0 Å². The van der Waals surface area contributed by atoms with Crippen molar-refractivity contribution in [3.05, 3.63) is 142 Å². The molecule has 0 fully saturated rings. The Morgan fingerprint density at radius 1 is 0.512 bits per heavy atom. The summed E-state index contributed by atoms with van der Waals surface area (Å²) in [6.07, 6.45) is 41.4. The van der Waals surface area contributed by atoms with Crippen LogP contribution in [0.15, 0.2) is 142 Å². The smallest absolute Gasteiger partial charge is 0.0626 e. The van der Waals surface area contributed by atoms with Crippen LogP contribution < -0.4 is 0 Å². The van der Waals surface area contributed by atoms with Crippen molar-refractivity contribution < 1.29 is 5.11 Å². The van der Waals surface area contributed by atoms with E-state index in [4.69, 9.17) is 0 Å². The third-order valence-electron chi connectivity index (χ3n) is 6.12. The van der Waals surface area contributed by atoms with Crippen LogP contribution in [0.25, 0.3) is 0 Å². The minimum atomic E-state index is -0.644. The quantitative estimate of drug-likeness (QED) is 0.140. The van der Waals surface area contributed by atoms with Crippen LogP contribution in [-0.2, 0) is 0 Å². The fraction of sp³-hybridized carbons (Fsp3) is 0.400. The van der Waals surface area contributed by atoms with Gasteiger partial charge in [0, 0.05) is 0 Å². The molecular weight excluding hydrogens is 496 g/mol. The summed E-state index contributed by atoms with van der Waals surface area (Å²) in [5, 5.41) is 9.78. The van der Waals surface area contributed by atoms with Crippen molar-refractivity contribution in [3.63, 3.8) is 0 Å². The van der Waals surface area contributed by atoms with E-state index in [0.29, 0.717) is 6.42 Å². The van der Waals surface area contributed by atoms with Gasteiger partial charge in [-0.3, -0.25) is 0 Å². The zero-order valence-electron chi connectivity index (χ0n) is 27.8. The summed E-state index contributed by atoms with van der Waals surface area (Å²) in [5.41, 5.74) is 8.41. The number of hydrogen-bond donors (Lipinski definition) is 1. The van der Waals surface area contributed by atoms with Gasteiger partial charge in [0.1, 0.15) is 0 Å². The Morgan fingerprint density at radius 2 is 0.927 bits per heavy atom. The molecule has 0 aromatic heterocycles. The molecule has 0 saturated carbocycles. The molecule has 0 aromatic rings. The van der Waals surface area contributed by atoms with Crippen molar-refractivity contribution >= 4 is 0 Å². The molecule has 0 aromatic carbocycles. The van der Waals surface area contributed by atoms with Crippen LogP contribution in [0.5, 0.6) is 0 Å². The fourth-order valence-corrected chi connectivity index (χ4v) is 3.55. The van der Waals surface area contributed by atoms with Crippen molar-refractivity contribution in [2.75, 3.05) is 0 Å². The van der Waals surface area contributed by atoms with E-state index in [1.807, 2.05) is 19.9 Å². The molecule has 0 aliphatic carbocycles. The highest BCUT2D eigenvalue weighted by Gasteiger charge is 2.08. The summed E-state index contributed by atoms with van der Waals surface area (Å²) in [6, 6.07) is 0. The summed E-state index contributed by atoms with van der Waals surface area (Å²) in [7, 11) is 0. The predicted molar refractivity (Wildman–Crippen MR) is 187 cm³/mol. The summed E-state index contributed by atoms with van der Waals surface area (Å²) in [5.74, 6) is 0. The van der Waals surface area contributed by atoms with Crippen LogP contribution in [0, 0.1) is 0 Å². The predicted octanol–water partition coefficient (Wildman–Crippen LogP) is 12.1. The lowest BCUT2D eigenvalue weighted by atomic mass is 10.0. The van der Waals surface area contributed by atoms with E-state index in [1.165, 1.54) is 39.0 Å². The molecule has 0 radical (unpaired) electrons. The second-order valence-corrected chi connectivity index (χ2v) is 11.9.